The van der Waals surface area contributed by atoms with Crippen LogP contribution in [0.25, 0.3) is 11.9 Å². The molecule has 0 aliphatic carbocycles. The minimum Gasteiger partial charge on any atom is -0.276 e. The first-order valence-corrected chi connectivity index (χ1v) is 8.66. The second kappa shape index (κ2) is 6.63. The van der Waals surface area contributed by atoms with E-state index in [-0.39, 0.29) is 0 Å². The lowest BCUT2D eigenvalue weighted by atomic mass is 10.2. The van der Waals surface area contributed by atoms with Crippen molar-refractivity contribution >= 4 is 21.8 Å². The van der Waals surface area contributed by atoms with Crippen molar-refractivity contribution in [3.8, 4) is 5.82 Å². The van der Waals surface area contributed by atoms with E-state index in [0.29, 0.717) is 11.5 Å². The number of sulfonamides is 1. The summed E-state index contributed by atoms with van der Waals surface area (Å²) in [4.78, 5) is 7.98. The third-order valence-corrected chi connectivity index (χ3v) is 4.19. The summed E-state index contributed by atoms with van der Waals surface area (Å²) in [6.07, 6.45) is 5.89. The Morgan fingerprint density at radius 2 is 1.96 bits per heavy atom. The first kappa shape index (κ1) is 15.9. The van der Waals surface area contributed by atoms with Crippen LogP contribution in [0.15, 0.2) is 60.7 Å². The minimum atomic E-state index is -3.69. The van der Waals surface area contributed by atoms with Gasteiger partial charge in [-0.15, -0.1) is 0 Å². The molecule has 0 saturated heterocycles. The minimum absolute atomic E-state index is 0.316. The number of anilines is 1. The van der Waals surface area contributed by atoms with E-state index < -0.39 is 10.0 Å². The Bertz CT molecular complexity index is 948. The third kappa shape index (κ3) is 3.85. The van der Waals surface area contributed by atoms with Gasteiger partial charge in [-0.05, 0) is 30.7 Å². The second-order valence-corrected chi connectivity index (χ2v) is 6.64. The number of hydrogen-bond acceptors (Lipinski definition) is 5. The summed E-state index contributed by atoms with van der Waals surface area (Å²) < 4.78 is 28.5. The Labute approximate surface area is 139 Å². The van der Waals surface area contributed by atoms with Crippen LogP contribution in [-0.2, 0) is 10.0 Å². The Hall–Kier alpha value is -3.00. The molecule has 24 heavy (non-hydrogen) atoms. The molecule has 0 atom stereocenters. The molecule has 3 rings (SSSR count). The summed E-state index contributed by atoms with van der Waals surface area (Å²) in [5.74, 6) is 0.349. The Balaban J connectivity index is 1.84. The molecular formula is C16H15N5O2S. The van der Waals surface area contributed by atoms with Gasteiger partial charge < -0.3 is 0 Å². The molecule has 2 heterocycles. The van der Waals surface area contributed by atoms with Gasteiger partial charge in [0.2, 0.25) is 0 Å². The summed E-state index contributed by atoms with van der Waals surface area (Å²) in [6.45, 7) is 1.97. The fraction of sp³-hybridized carbons (Fsp3) is 0.0625. The molecule has 0 saturated carbocycles. The lowest BCUT2D eigenvalue weighted by molar-refractivity contribution is 0.609. The summed E-state index contributed by atoms with van der Waals surface area (Å²) in [5, 5.41) is 5.09. The van der Waals surface area contributed by atoms with Crippen molar-refractivity contribution in [1.82, 2.24) is 19.7 Å². The van der Waals surface area contributed by atoms with Crippen LogP contribution >= 0.6 is 0 Å². The van der Waals surface area contributed by atoms with Crippen LogP contribution in [0.4, 0.5) is 5.69 Å². The summed E-state index contributed by atoms with van der Waals surface area (Å²) in [6, 6.07) is 10.8. The molecular weight excluding hydrogens is 326 g/mol. The first-order chi connectivity index (χ1) is 11.5. The highest BCUT2D eigenvalue weighted by Crippen LogP contribution is 2.18. The highest BCUT2D eigenvalue weighted by Gasteiger charge is 2.12. The van der Waals surface area contributed by atoms with E-state index in [1.807, 2.05) is 31.2 Å². The first-order valence-electron chi connectivity index (χ1n) is 7.11. The fourth-order valence-corrected chi connectivity index (χ4v) is 2.88. The summed E-state index contributed by atoms with van der Waals surface area (Å²) in [5.41, 5.74) is 2.23. The van der Waals surface area contributed by atoms with Crippen molar-refractivity contribution in [2.24, 2.45) is 0 Å². The van der Waals surface area contributed by atoms with E-state index in [1.165, 1.54) is 23.4 Å². The Morgan fingerprint density at radius 1 is 1.17 bits per heavy atom. The van der Waals surface area contributed by atoms with Gasteiger partial charge in [-0.25, -0.2) is 23.1 Å². The van der Waals surface area contributed by atoms with Crippen LogP contribution in [0.1, 0.15) is 11.1 Å². The molecule has 0 bridgehead atoms. The van der Waals surface area contributed by atoms with Gasteiger partial charge in [0.25, 0.3) is 10.0 Å². The maximum Gasteiger partial charge on any atom is 0.255 e. The van der Waals surface area contributed by atoms with Crippen LogP contribution in [0.2, 0.25) is 0 Å². The van der Waals surface area contributed by atoms with Crippen LogP contribution in [0, 0.1) is 6.92 Å². The molecule has 0 radical (unpaired) electrons. The van der Waals surface area contributed by atoms with Gasteiger partial charge in [0.1, 0.15) is 12.7 Å². The number of aromatic nitrogens is 4. The third-order valence-electron chi connectivity index (χ3n) is 3.19. The molecule has 0 aliphatic rings. The second-order valence-electron chi connectivity index (χ2n) is 5.08. The van der Waals surface area contributed by atoms with Crippen molar-refractivity contribution in [3.63, 3.8) is 0 Å². The number of nitrogens with zero attached hydrogens (tertiary/aromatic N) is 4. The maximum absolute atomic E-state index is 12.3. The van der Waals surface area contributed by atoms with Crippen molar-refractivity contribution in [2.45, 2.75) is 6.92 Å². The zero-order chi connectivity index (χ0) is 17.0. The van der Waals surface area contributed by atoms with Crippen LogP contribution in [-0.4, -0.2) is 28.2 Å². The maximum atomic E-state index is 12.3. The van der Waals surface area contributed by atoms with E-state index in [2.05, 4.69) is 19.8 Å². The number of benzene rings is 1. The Kier molecular flexibility index (Phi) is 4.39. The molecule has 0 spiro atoms. The number of hydrogen-bond donors (Lipinski definition) is 1. The standard InChI is InChI=1S/C16H15N5O2S/c1-13-4-6-14(7-5-13)8-10-24(22,23)20-15-3-2-9-18-16(15)21-12-17-11-19-21/h2-12,20H,1H3/b10-8+. The molecule has 7 nitrogen and oxygen atoms in total. The summed E-state index contributed by atoms with van der Waals surface area (Å²) >= 11 is 0. The molecule has 8 heteroatoms. The molecule has 3 aromatic rings. The predicted octanol–water partition coefficient (Wildman–Crippen LogP) is 2.38. The number of aryl methyl sites for hydroxylation is 1. The van der Waals surface area contributed by atoms with Crippen molar-refractivity contribution < 1.29 is 8.42 Å². The monoisotopic (exact) mass is 341 g/mol. The molecule has 0 unspecified atom stereocenters. The van der Waals surface area contributed by atoms with E-state index in [9.17, 15) is 8.42 Å². The van der Waals surface area contributed by atoms with E-state index in [4.69, 9.17) is 0 Å². The van der Waals surface area contributed by atoms with Gasteiger partial charge in [-0.3, -0.25) is 4.72 Å². The van der Waals surface area contributed by atoms with Gasteiger partial charge >= 0.3 is 0 Å². The average molecular weight is 341 g/mol. The topological polar surface area (TPSA) is 89.8 Å². The smallest absolute Gasteiger partial charge is 0.255 e. The quantitative estimate of drug-likeness (QED) is 0.769. The zero-order valence-corrected chi connectivity index (χ0v) is 13.7. The van der Waals surface area contributed by atoms with Crippen LogP contribution in [0.5, 0.6) is 0 Å². The molecule has 2 aromatic heterocycles. The molecule has 1 N–H and O–H groups in total. The molecule has 122 valence electrons. The van der Waals surface area contributed by atoms with Gasteiger partial charge in [0.15, 0.2) is 5.82 Å². The molecule has 0 fully saturated rings. The Morgan fingerprint density at radius 3 is 2.67 bits per heavy atom. The van der Waals surface area contributed by atoms with Gasteiger partial charge in [0, 0.05) is 6.20 Å². The largest absolute Gasteiger partial charge is 0.276 e. The summed E-state index contributed by atoms with van der Waals surface area (Å²) in [7, 11) is -3.69. The SMILES string of the molecule is Cc1ccc(/C=C/S(=O)(=O)Nc2cccnc2-n2cncn2)cc1. The van der Waals surface area contributed by atoms with Crippen molar-refractivity contribution in [3.05, 3.63) is 71.8 Å². The lowest BCUT2D eigenvalue weighted by Crippen LogP contribution is -2.12. The van der Waals surface area contributed by atoms with E-state index >= 15 is 0 Å². The van der Waals surface area contributed by atoms with Gasteiger partial charge in [0.05, 0.1) is 11.1 Å². The van der Waals surface area contributed by atoms with Crippen LogP contribution < -0.4 is 4.72 Å². The normalized spacial score (nSPS) is 11.7. The highest BCUT2D eigenvalue weighted by atomic mass is 32.2. The number of pyridine rings is 1. The fourth-order valence-electron chi connectivity index (χ4n) is 2.01. The van der Waals surface area contributed by atoms with Crippen molar-refractivity contribution in [1.29, 1.82) is 0 Å². The predicted molar refractivity (Wildman–Crippen MR) is 91.9 cm³/mol. The molecule has 0 aliphatic heterocycles. The van der Waals surface area contributed by atoms with Gasteiger partial charge in [-0.1, -0.05) is 29.8 Å². The zero-order valence-electron chi connectivity index (χ0n) is 12.9. The van der Waals surface area contributed by atoms with Crippen molar-refractivity contribution in [2.75, 3.05) is 4.72 Å². The number of nitrogens with one attached hydrogen (secondary N) is 1. The van der Waals surface area contributed by atoms with Crippen LogP contribution in [0.3, 0.4) is 0 Å². The lowest BCUT2D eigenvalue weighted by Gasteiger charge is -2.09. The van der Waals surface area contributed by atoms with E-state index in [0.717, 1.165) is 16.5 Å². The highest BCUT2D eigenvalue weighted by molar-refractivity contribution is 7.95. The van der Waals surface area contributed by atoms with E-state index in [1.54, 1.807) is 18.3 Å². The number of rotatable bonds is 5. The molecule has 1 aromatic carbocycles. The average Bonchev–Trinajstić information content (AvgIpc) is 3.09. The van der Waals surface area contributed by atoms with Gasteiger partial charge in [-0.2, -0.15) is 5.10 Å². The molecule has 0 amide bonds.